The van der Waals surface area contributed by atoms with E-state index < -0.39 is 0 Å². The van der Waals surface area contributed by atoms with Crippen LogP contribution in [0.2, 0.25) is 0 Å². The van der Waals surface area contributed by atoms with E-state index in [0.29, 0.717) is 12.2 Å². The molecule has 1 unspecified atom stereocenters. The van der Waals surface area contributed by atoms with Crippen molar-refractivity contribution >= 4 is 59.4 Å². The molecule has 1 atom stereocenters. The number of carbonyl (C=O) groups excluding carboxylic acids is 1. The van der Waals surface area contributed by atoms with Crippen LogP contribution in [0, 0.1) is 0 Å². The first-order chi connectivity index (χ1) is 8.47. The molecule has 0 spiro atoms. The van der Waals surface area contributed by atoms with Gasteiger partial charge in [0.1, 0.15) is 0 Å². The number of methoxy groups -OCH3 is 1. The molecule has 0 saturated carbocycles. The van der Waals surface area contributed by atoms with Gasteiger partial charge in [0, 0.05) is 27.1 Å². The Balaban J connectivity index is 2.76. The van der Waals surface area contributed by atoms with Gasteiger partial charge >= 0.3 is 0 Å². The third-order valence-electron chi connectivity index (χ3n) is 2.28. The number of halogens is 3. The summed E-state index contributed by atoms with van der Waals surface area (Å²) in [7, 11) is 1.54. The number of ether oxygens (including phenoxy) is 1. The van der Waals surface area contributed by atoms with Crippen LogP contribution in [-0.2, 0) is 9.53 Å². The molecule has 18 heavy (non-hydrogen) atoms. The highest BCUT2D eigenvalue weighted by molar-refractivity contribution is 9.11. The van der Waals surface area contributed by atoms with Crippen molar-refractivity contribution < 1.29 is 9.53 Å². The van der Waals surface area contributed by atoms with E-state index in [1.165, 1.54) is 7.11 Å². The Bertz CT molecular complexity index is 413. The number of hydrogen-bond donors (Lipinski definition) is 2. The second-order valence-electron chi connectivity index (χ2n) is 3.59. The van der Waals surface area contributed by atoms with Crippen molar-refractivity contribution in [3.63, 3.8) is 0 Å². The lowest BCUT2D eigenvalue weighted by Crippen LogP contribution is -2.28. The van der Waals surface area contributed by atoms with Crippen LogP contribution in [0.1, 0.15) is 6.42 Å². The van der Waals surface area contributed by atoms with Gasteiger partial charge in [0.05, 0.1) is 18.2 Å². The molecule has 0 aromatic heterocycles. The van der Waals surface area contributed by atoms with Crippen molar-refractivity contribution in [3.05, 3.63) is 25.6 Å². The van der Waals surface area contributed by atoms with Crippen LogP contribution in [0.15, 0.2) is 25.6 Å². The minimum atomic E-state index is -0.266. The Morgan fingerprint density at radius 1 is 1.39 bits per heavy atom. The fourth-order valence-electron chi connectivity index (χ4n) is 1.32. The molecule has 0 aliphatic heterocycles. The Morgan fingerprint density at radius 3 is 2.39 bits per heavy atom. The topological polar surface area (TPSA) is 64.3 Å². The highest BCUT2D eigenvalue weighted by atomic mass is 79.9. The normalized spacial score (nSPS) is 12.3. The molecule has 3 N–H and O–H groups in total. The Hall–Kier alpha value is 0.0500. The summed E-state index contributed by atoms with van der Waals surface area (Å²) in [5.41, 5.74) is 6.16. The van der Waals surface area contributed by atoms with Crippen LogP contribution < -0.4 is 11.1 Å². The van der Waals surface area contributed by atoms with Gasteiger partial charge in [0.2, 0.25) is 5.91 Å². The van der Waals surface area contributed by atoms with E-state index in [9.17, 15) is 4.79 Å². The summed E-state index contributed by atoms with van der Waals surface area (Å²) in [4.78, 5) is 11.8. The maximum Gasteiger partial charge on any atom is 0.227 e. The first-order valence-corrected chi connectivity index (χ1v) is 7.53. The van der Waals surface area contributed by atoms with Gasteiger partial charge in [-0.2, -0.15) is 0 Å². The molecule has 7 heteroatoms. The quantitative estimate of drug-likeness (QED) is 0.732. The number of nitrogens with one attached hydrogen (secondary N) is 1. The Morgan fingerprint density at radius 2 is 1.94 bits per heavy atom. The highest BCUT2D eigenvalue weighted by Crippen LogP contribution is 2.34. The number of benzene rings is 1. The predicted molar refractivity (Wildman–Crippen MR) is 82.6 cm³/mol. The number of nitrogens with two attached hydrogens (primary N) is 1. The largest absolute Gasteiger partial charge is 0.380 e. The molecular formula is C11H13Br3N2O2. The Kier molecular flexibility index (Phi) is 6.79. The molecule has 1 rings (SSSR count). The maximum absolute atomic E-state index is 11.8. The van der Waals surface area contributed by atoms with Crippen LogP contribution >= 0.6 is 47.8 Å². The van der Waals surface area contributed by atoms with Crippen LogP contribution in [0.5, 0.6) is 0 Å². The van der Waals surface area contributed by atoms with Crippen molar-refractivity contribution in [3.8, 4) is 0 Å². The third-order valence-corrected chi connectivity index (χ3v) is 3.99. The van der Waals surface area contributed by atoms with Crippen molar-refractivity contribution in [1.82, 2.24) is 0 Å². The summed E-state index contributed by atoms with van der Waals surface area (Å²) in [5.74, 6) is -0.143. The summed E-state index contributed by atoms with van der Waals surface area (Å²) in [6.07, 6.45) is -0.0416. The second-order valence-corrected chi connectivity index (χ2v) is 6.21. The SMILES string of the molecule is COC(CN)CC(=O)Nc1c(Br)cc(Br)cc1Br. The summed E-state index contributed by atoms with van der Waals surface area (Å²) in [6.45, 7) is 0.312. The lowest BCUT2D eigenvalue weighted by Gasteiger charge is -2.14. The van der Waals surface area contributed by atoms with E-state index in [1.807, 2.05) is 12.1 Å². The van der Waals surface area contributed by atoms with Crippen LogP contribution in [0.25, 0.3) is 0 Å². The summed E-state index contributed by atoms with van der Waals surface area (Å²) >= 11 is 10.2. The number of anilines is 1. The summed E-state index contributed by atoms with van der Waals surface area (Å²) in [5, 5.41) is 2.82. The lowest BCUT2D eigenvalue weighted by molar-refractivity contribution is -0.118. The Labute approximate surface area is 131 Å². The highest BCUT2D eigenvalue weighted by Gasteiger charge is 2.14. The minimum absolute atomic E-state index is 0.143. The first-order valence-electron chi connectivity index (χ1n) is 5.15. The average molecular weight is 445 g/mol. The number of hydrogen-bond acceptors (Lipinski definition) is 3. The summed E-state index contributed by atoms with van der Waals surface area (Å²) in [6, 6.07) is 3.72. The molecule has 0 aliphatic rings. The van der Waals surface area contributed by atoms with E-state index in [0.717, 1.165) is 13.4 Å². The van der Waals surface area contributed by atoms with E-state index in [-0.39, 0.29) is 18.4 Å². The molecule has 0 saturated heterocycles. The van der Waals surface area contributed by atoms with E-state index >= 15 is 0 Å². The van der Waals surface area contributed by atoms with Crippen molar-refractivity contribution in [2.24, 2.45) is 5.73 Å². The molecule has 1 aromatic carbocycles. The zero-order valence-electron chi connectivity index (χ0n) is 9.67. The van der Waals surface area contributed by atoms with Gasteiger partial charge in [-0.25, -0.2) is 0 Å². The van der Waals surface area contributed by atoms with Crippen LogP contribution in [0.3, 0.4) is 0 Å². The van der Waals surface area contributed by atoms with Gasteiger partial charge in [-0.15, -0.1) is 0 Å². The zero-order chi connectivity index (χ0) is 13.7. The molecule has 100 valence electrons. The van der Waals surface area contributed by atoms with Gasteiger partial charge in [0.15, 0.2) is 0 Å². The first kappa shape index (κ1) is 16.1. The fourth-order valence-corrected chi connectivity index (χ4v) is 3.78. The molecule has 0 heterocycles. The maximum atomic E-state index is 11.8. The summed E-state index contributed by atoms with van der Waals surface area (Å²) < 4.78 is 7.56. The molecule has 0 radical (unpaired) electrons. The van der Waals surface area contributed by atoms with Gasteiger partial charge in [-0.05, 0) is 44.0 Å². The number of amides is 1. The van der Waals surface area contributed by atoms with Crippen LogP contribution in [0.4, 0.5) is 5.69 Å². The van der Waals surface area contributed by atoms with Gasteiger partial charge in [0.25, 0.3) is 0 Å². The molecule has 0 bridgehead atoms. The van der Waals surface area contributed by atoms with E-state index in [1.54, 1.807) is 0 Å². The van der Waals surface area contributed by atoms with Crippen molar-refractivity contribution in [1.29, 1.82) is 0 Å². The average Bonchev–Trinajstić information content (AvgIpc) is 2.30. The minimum Gasteiger partial charge on any atom is -0.380 e. The standard InChI is InChI=1S/C11H13Br3N2O2/c1-18-7(5-15)4-10(17)16-11-8(13)2-6(12)3-9(11)14/h2-3,7H,4-5,15H2,1H3,(H,16,17). The molecule has 1 aromatic rings. The second kappa shape index (κ2) is 7.59. The third kappa shape index (κ3) is 4.62. The van der Waals surface area contributed by atoms with Gasteiger partial charge < -0.3 is 15.8 Å². The lowest BCUT2D eigenvalue weighted by atomic mass is 10.2. The van der Waals surface area contributed by atoms with Crippen molar-refractivity contribution in [2.75, 3.05) is 19.0 Å². The smallest absolute Gasteiger partial charge is 0.227 e. The number of rotatable bonds is 5. The van der Waals surface area contributed by atoms with Crippen LogP contribution in [-0.4, -0.2) is 25.7 Å². The molecule has 4 nitrogen and oxygen atoms in total. The monoisotopic (exact) mass is 442 g/mol. The van der Waals surface area contributed by atoms with E-state index in [4.69, 9.17) is 10.5 Å². The fraction of sp³-hybridized carbons (Fsp3) is 0.364. The number of carbonyl (C=O) groups is 1. The van der Waals surface area contributed by atoms with Gasteiger partial charge in [-0.1, -0.05) is 15.9 Å². The molecular weight excluding hydrogens is 432 g/mol. The molecule has 0 aliphatic carbocycles. The van der Waals surface area contributed by atoms with Gasteiger partial charge in [-0.3, -0.25) is 4.79 Å². The van der Waals surface area contributed by atoms with Crippen molar-refractivity contribution in [2.45, 2.75) is 12.5 Å². The van der Waals surface area contributed by atoms with E-state index in [2.05, 4.69) is 53.1 Å². The molecule has 1 amide bonds. The zero-order valence-corrected chi connectivity index (χ0v) is 14.4. The molecule has 0 fully saturated rings. The predicted octanol–water partition coefficient (Wildman–Crippen LogP) is 3.28.